The van der Waals surface area contributed by atoms with Gasteiger partial charge in [0.1, 0.15) is 13.2 Å². The summed E-state index contributed by atoms with van der Waals surface area (Å²) >= 11 is 0. The van der Waals surface area contributed by atoms with Crippen LogP contribution in [-0.2, 0) is 0 Å². The summed E-state index contributed by atoms with van der Waals surface area (Å²) in [5.74, 6) is 8.88. The van der Waals surface area contributed by atoms with Crippen LogP contribution in [0.3, 0.4) is 0 Å². The van der Waals surface area contributed by atoms with Gasteiger partial charge in [0, 0.05) is 6.04 Å². The van der Waals surface area contributed by atoms with Crippen LogP contribution in [0, 0.1) is 11.8 Å². The number of rotatable bonds is 3. The Kier molecular flexibility index (Phi) is 3.62. The summed E-state index contributed by atoms with van der Waals surface area (Å²) in [5, 5.41) is 0. The smallest absolute Gasteiger partial charge is 0.161 e. The zero-order valence-electron chi connectivity index (χ0n) is 11.4. The lowest BCUT2D eigenvalue weighted by atomic mass is 9.91. The van der Waals surface area contributed by atoms with Gasteiger partial charge in [0.05, 0.1) is 0 Å². The van der Waals surface area contributed by atoms with Gasteiger partial charge < -0.3 is 9.47 Å². The van der Waals surface area contributed by atoms with E-state index in [-0.39, 0.29) is 6.04 Å². The quantitative estimate of drug-likeness (QED) is 0.649. The van der Waals surface area contributed by atoms with Gasteiger partial charge in [-0.25, -0.2) is 0 Å². The van der Waals surface area contributed by atoms with Gasteiger partial charge in [0.15, 0.2) is 11.5 Å². The predicted octanol–water partition coefficient (Wildman–Crippen LogP) is 2.40. The van der Waals surface area contributed by atoms with Crippen molar-refractivity contribution in [3.63, 3.8) is 0 Å². The normalized spacial score (nSPS) is 27.3. The van der Waals surface area contributed by atoms with Gasteiger partial charge in [-0.2, -0.15) is 0 Å². The zero-order valence-corrected chi connectivity index (χ0v) is 11.4. The topological polar surface area (TPSA) is 56.5 Å². The van der Waals surface area contributed by atoms with Crippen molar-refractivity contribution in [3.8, 4) is 11.5 Å². The first-order chi connectivity index (χ1) is 9.28. The number of nitrogens with two attached hydrogens (primary N) is 1. The first kappa shape index (κ1) is 12.8. The van der Waals surface area contributed by atoms with Gasteiger partial charge in [0.25, 0.3) is 0 Å². The molecule has 4 nitrogen and oxygen atoms in total. The van der Waals surface area contributed by atoms with Crippen molar-refractivity contribution in [3.05, 3.63) is 23.8 Å². The van der Waals surface area contributed by atoms with Crippen LogP contribution in [0.25, 0.3) is 0 Å². The summed E-state index contributed by atoms with van der Waals surface area (Å²) in [6.07, 6.45) is 3.78. The summed E-state index contributed by atoms with van der Waals surface area (Å²) in [6.45, 7) is 3.57. The molecule has 0 saturated heterocycles. The second-order valence-electron chi connectivity index (χ2n) is 5.73. The fourth-order valence-electron chi connectivity index (χ4n) is 3.31. The Bertz CT molecular complexity index is 450. The number of nitrogens with one attached hydrogen (secondary N) is 1. The molecule has 1 aliphatic carbocycles. The molecule has 0 bridgehead atoms. The van der Waals surface area contributed by atoms with E-state index in [2.05, 4.69) is 24.5 Å². The average molecular weight is 262 g/mol. The van der Waals surface area contributed by atoms with E-state index in [0.29, 0.717) is 19.1 Å². The molecule has 1 heterocycles. The molecule has 1 fully saturated rings. The minimum Gasteiger partial charge on any atom is -0.486 e. The van der Waals surface area contributed by atoms with Gasteiger partial charge in [-0.3, -0.25) is 11.3 Å². The molecule has 1 aromatic rings. The Morgan fingerprint density at radius 3 is 2.68 bits per heavy atom. The van der Waals surface area contributed by atoms with E-state index in [4.69, 9.17) is 15.3 Å². The van der Waals surface area contributed by atoms with Crippen LogP contribution in [0.4, 0.5) is 0 Å². The fourth-order valence-corrected chi connectivity index (χ4v) is 3.31. The Balaban J connectivity index is 1.83. The molecular weight excluding hydrogens is 240 g/mol. The summed E-state index contributed by atoms with van der Waals surface area (Å²) < 4.78 is 11.2. The third-order valence-corrected chi connectivity index (χ3v) is 4.31. The molecule has 0 spiro atoms. The average Bonchev–Trinajstić information content (AvgIpc) is 2.86. The van der Waals surface area contributed by atoms with Crippen molar-refractivity contribution < 1.29 is 9.47 Å². The van der Waals surface area contributed by atoms with Crippen molar-refractivity contribution in [2.24, 2.45) is 17.7 Å². The number of benzene rings is 1. The maximum atomic E-state index is 5.78. The Morgan fingerprint density at radius 2 is 2.00 bits per heavy atom. The van der Waals surface area contributed by atoms with Crippen LogP contribution < -0.4 is 20.7 Å². The highest BCUT2D eigenvalue weighted by molar-refractivity contribution is 5.44. The van der Waals surface area contributed by atoms with E-state index in [1.54, 1.807) is 0 Å². The predicted molar refractivity (Wildman–Crippen MR) is 74.0 cm³/mol. The van der Waals surface area contributed by atoms with E-state index in [9.17, 15) is 0 Å². The van der Waals surface area contributed by atoms with Gasteiger partial charge in [-0.05, 0) is 42.4 Å². The van der Waals surface area contributed by atoms with E-state index in [1.807, 2.05) is 6.07 Å². The molecule has 3 rings (SSSR count). The number of ether oxygens (including phenoxy) is 2. The summed E-state index contributed by atoms with van der Waals surface area (Å²) in [7, 11) is 0. The molecule has 0 radical (unpaired) electrons. The van der Waals surface area contributed by atoms with Crippen LogP contribution in [0.2, 0.25) is 0 Å². The van der Waals surface area contributed by atoms with Crippen LogP contribution in [0.5, 0.6) is 11.5 Å². The van der Waals surface area contributed by atoms with Crippen LogP contribution >= 0.6 is 0 Å². The highest BCUT2D eigenvalue weighted by atomic mass is 16.6. The lowest BCUT2D eigenvalue weighted by Crippen LogP contribution is -2.33. The summed E-state index contributed by atoms with van der Waals surface area (Å²) in [4.78, 5) is 0. The van der Waals surface area contributed by atoms with Crippen molar-refractivity contribution in [1.82, 2.24) is 5.43 Å². The molecular formula is C15H22N2O2. The number of fused-ring (bicyclic) bond motifs is 1. The molecule has 0 amide bonds. The van der Waals surface area contributed by atoms with Crippen LogP contribution in [0.1, 0.15) is 37.8 Å². The second-order valence-corrected chi connectivity index (χ2v) is 5.73. The maximum Gasteiger partial charge on any atom is 0.161 e. The SMILES string of the molecule is CC1CCC(C(NN)c2ccc3c(c2)OCCO3)C1. The van der Waals surface area contributed by atoms with Crippen molar-refractivity contribution in [2.75, 3.05) is 13.2 Å². The maximum absolute atomic E-state index is 5.78. The third kappa shape index (κ3) is 2.55. The first-order valence-corrected chi connectivity index (χ1v) is 7.13. The first-order valence-electron chi connectivity index (χ1n) is 7.13. The second kappa shape index (κ2) is 5.39. The molecule has 1 saturated carbocycles. The molecule has 104 valence electrons. The standard InChI is InChI=1S/C15H22N2O2/c1-10-2-3-11(8-10)15(17-16)12-4-5-13-14(9-12)19-7-6-18-13/h4-5,9-11,15,17H,2-3,6-8,16H2,1H3. The highest BCUT2D eigenvalue weighted by Crippen LogP contribution is 2.40. The fraction of sp³-hybridized carbons (Fsp3) is 0.600. The molecule has 2 aliphatic rings. The summed E-state index contributed by atoms with van der Waals surface area (Å²) in [6, 6.07) is 6.37. The Morgan fingerprint density at radius 1 is 1.21 bits per heavy atom. The molecule has 19 heavy (non-hydrogen) atoms. The van der Waals surface area contributed by atoms with Gasteiger partial charge >= 0.3 is 0 Å². The molecule has 1 aliphatic heterocycles. The monoisotopic (exact) mass is 262 g/mol. The summed E-state index contributed by atoms with van der Waals surface area (Å²) in [5.41, 5.74) is 4.19. The van der Waals surface area contributed by atoms with Crippen molar-refractivity contribution >= 4 is 0 Å². The molecule has 3 atom stereocenters. The minimum absolute atomic E-state index is 0.209. The van der Waals surface area contributed by atoms with E-state index in [1.165, 1.54) is 24.8 Å². The molecule has 4 heteroatoms. The minimum atomic E-state index is 0.209. The molecule has 3 N–H and O–H groups in total. The zero-order chi connectivity index (χ0) is 13.2. The van der Waals surface area contributed by atoms with Gasteiger partial charge in [-0.1, -0.05) is 19.4 Å². The molecule has 0 aromatic heterocycles. The third-order valence-electron chi connectivity index (χ3n) is 4.31. The van der Waals surface area contributed by atoms with Crippen LogP contribution in [-0.4, -0.2) is 13.2 Å². The largest absolute Gasteiger partial charge is 0.486 e. The number of hydrazine groups is 1. The molecule has 1 aromatic carbocycles. The van der Waals surface area contributed by atoms with Gasteiger partial charge in [0.2, 0.25) is 0 Å². The number of hydrogen-bond acceptors (Lipinski definition) is 4. The van der Waals surface area contributed by atoms with Gasteiger partial charge in [-0.15, -0.1) is 0 Å². The van der Waals surface area contributed by atoms with E-state index in [0.717, 1.165) is 17.4 Å². The number of hydrogen-bond donors (Lipinski definition) is 2. The highest BCUT2D eigenvalue weighted by Gasteiger charge is 2.29. The van der Waals surface area contributed by atoms with E-state index >= 15 is 0 Å². The van der Waals surface area contributed by atoms with Crippen molar-refractivity contribution in [1.29, 1.82) is 0 Å². The van der Waals surface area contributed by atoms with Crippen LogP contribution in [0.15, 0.2) is 18.2 Å². The lowest BCUT2D eigenvalue weighted by Gasteiger charge is -2.25. The van der Waals surface area contributed by atoms with E-state index < -0.39 is 0 Å². The Labute approximate surface area is 114 Å². The van der Waals surface area contributed by atoms with Crippen molar-refractivity contribution in [2.45, 2.75) is 32.2 Å². The molecule has 3 unspecified atom stereocenters. The Hall–Kier alpha value is -1.26. The lowest BCUT2D eigenvalue weighted by molar-refractivity contribution is 0.171.